The fourth-order valence-electron chi connectivity index (χ4n) is 2.69. The van der Waals surface area contributed by atoms with Gasteiger partial charge in [-0.15, -0.1) is 10.2 Å². The molecule has 1 saturated carbocycles. The van der Waals surface area contributed by atoms with Crippen molar-refractivity contribution in [2.45, 2.75) is 25.4 Å². The number of carbonyl (C=O) groups is 2. The molecule has 1 heterocycles. The van der Waals surface area contributed by atoms with Crippen LogP contribution >= 0.6 is 0 Å². The number of benzene rings is 2. The summed E-state index contributed by atoms with van der Waals surface area (Å²) in [4.78, 5) is 24.5. The van der Waals surface area contributed by atoms with Crippen LogP contribution in [0.5, 0.6) is 0 Å². The number of nitrogens with zero attached hydrogens (tertiary/aromatic N) is 3. The lowest BCUT2D eigenvalue weighted by molar-refractivity contribution is 0.0949. The summed E-state index contributed by atoms with van der Waals surface area (Å²) in [6.45, 7) is 0.559. The Kier molecular flexibility index (Phi) is 4.65. The molecule has 2 amide bonds. The molecule has 1 aromatic heterocycles. The third kappa shape index (κ3) is 4.20. The van der Waals surface area contributed by atoms with E-state index in [2.05, 4.69) is 20.8 Å². The molecule has 0 unspecified atom stereocenters. The van der Waals surface area contributed by atoms with Gasteiger partial charge in [0.25, 0.3) is 11.8 Å². The molecule has 0 radical (unpaired) electrons. The van der Waals surface area contributed by atoms with Gasteiger partial charge >= 0.3 is 0 Å². The highest BCUT2D eigenvalue weighted by Gasteiger charge is 2.23. The highest BCUT2D eigenvalue weighted by Crippen LogP contribution is 2.19. The molecule has 0 bridgehead atoms. The van der Waals surface area contributed by atoms with E-state index in [1.54, 1.807) is 35.2 Å². The summed E-state index contributed by atoms with van der Waals surface area (Å²) in [7, 11) is 0. The summed E-state index contributed by atoms with van der Waals surface area (Å²) in [5.41, 5.74) is 2.08. The molecular formula is C20H19N5O2. The lowest BCUT2D eigenvalue weighted by Gasteiger charge is -2.08. The summed E-state index contributed by atoms with van der Waals surface area (Å²) in [6.07, 6.45) is 3.65. The van der Waals surface area contributed by atoms with Crippen molar-refractivity contribution in [3.05, 3.63) is 77.6 Å². The molecule has 2 aromatic carbocycles. The van der Waals surface area contributed by atoms with Gasteiger partial charge in [-0.3, -0.25) is 19.5 Å². The van der Waals surface area contributed by atoms with E-state index in [1.807, 2.05) is 30.3 Å². The Hall–Kier alpha value is -3.48. The van der Waals surface area contributed by atoms with E-state index in [0.717, 1.165) is 18.4 Å². The Labute approximate surface area is 156 Å². The lowest BCUT2D eigenvalue weighted by atomic mass is 10.1. The van der Waals surface area contributed by atoms with Gasteiger partial charge in [0.1, 0.15) is 6.33 Å². The van der Waals surface area contributed by atoms with E-state index < -0.39 is 0 Å². The molecule has 7 heteroatoms. The smallest absolute Gasteiger partial charge is 0.258 e. The van der Waals surface area contributed by atoms with Crippen molar-refractivity contribution >= 4 is 17.8 Å². The van der Waals surface area contributed by atoms with Crippen LogP contribution in [0.3, 0.4) is 0 Å². The molecule has 1 aliphatic rings. The highest BCUT2D eigenvalue weighted by atomic mass is 16.2. The Morgan fingerprint density at radius 1 is 0.963 bits per heavy atom. The second-order valence-electron chi connectivity index (χ2n) is 6.55. The van der Waals surface area contributed by atoms with Crippen molar-refractivity contribution in [1.82, 2.24) is 20.1 Å². The largest absolute Gasteiger partial charge is 0.349 e. The summed E-state index contributed by atoms with van der Waals surface area (Å²) in [6, 6.07) is 16.7. The molecule has 3 aromatic rings. The first-order valence-electron chi connectivity index (χ1n) is 8.83. The first-order chi connectivity index (χ1) is 13.2. The molecule has 1 fully saturated rings. The second kappa shape index (κ2) is 7.41. The van der Waals surface area contributed by atoms with Gasteiger partial charge in [-0.2, -0.15) is 0 Å². The predicted octanol–water partition coefficient (Wildman–Crippen LogP) is 2.47. The minimum atomic E-state index is -0.300. The van der Waals surface area contributed by atoms with Gasteiger partial charge in [-0.25, -0.2) is 0 Å². The van der Waals surface area contributed by atoms with Crippen LogP contribution in [-0.4, -0.2) is 32.6 Å². The van der Waals surface area contributed by atoms with Crippen LogP contribution in [0.1, 0.15) is 39.1 Å². The van der Waals surface area contributed by atoms with Crippen molar-refractivity contribution in [3.63, 3.8) is 0 Å². The SMILES string of the molecule is O=C(Nc1nncn1Cc1ccccc1)c1ccc(C(=O)NC2CC2)cc1. The number of amides is 2. The summed E-state index contributed by atoms with van der Waals surface area (Å²) in [5.74, 6) is -0.0297. The summed E-state index contributed by atoms with van der Waals surface area (Å²) in [5, 5.41) is 13.6. The van der Waals surface area contributed by atoms with Crippen LogP contribution in [-0.2, 0) is 6.54 Å². The molecule has 2 N–H and O–H groups in total. The fraction of sp³-hybridized carbons (Fsp3) is 0.200. The van der Waals surface area contributed by atoms with E-state index in [0.29, 0.717) is 29.7 Å². The average molecular weight is 361 g/mol. The first kappa shape index (κ1) is 17.0. The van der Waals surface area contributed by atoms with Crippen molar-refractivity contribution < 1.29 is 9.59 Å². The Bertz CT molecular complexity index is 946. The van der Waals surface area contributed by atoms with Gasteiger partial charge in [-0.05, 0) is 42.7 Å². The van der Waals surface area contributed by atoms with Crippen LogP contribution in [0.4, 0.5) is 5.95 Å². The van der Waals surface area contributed by atoms with Gasteiger partial charge in [0, 0.05) is 17.2 Å². The Morgan fingerprint density at radius 3 is 2.30 bits per heavy atom. The quantitative estimate of drug-likeness (QED) is 0.706. The lowest BCUT2D eigenvalue weighted by Crippen LogP contribution is -2.25. The minimum absolute atomic E-state index is 0.105. The van der Waals surface area contributed by atoms with Crippen LogP contribution in [0.15, 0.2) is 60.9 Å². The molecule has 0 atom stereocenters. The molecule has 0 aliphatic heterocycles. The van der Waals surface area contributed by atoms with Crippen molar-refractivity contribution in [2.75, 3.05) is 5.32 Å². The zero-order valence-electron chi connectivity index (χ0n) is 14.6. The average Bonchev–Trinajstić information content (AvgIpc) is 3.41. The molecule has 27 heavy (non-hydrogen) atoms. The topological polar surface area (TPSA) is 88.9 Å². The van der Waals surface area contributed by atoms with Crippen LogP contribution in [0, 0.1) is 0 Å². The van der Waals surface area contributed by atoms with Crippen molar-refractivity contribution in [1.29, 1.82) is 0 Å². The first-order valence-corrected chi connectivity index (χ1v) is 8.83. The monoisotopic (exact) mass is 361 g/mol. The van der Waals surface area contributed by atoms with Gasteiger partial charge in [0.15, 0.2) is 0 Å². The predicted molar refractivity (Wildman–Crippen MR) is 100 cm³/mol. The number of hydrogen-bond donors (Lipinski definition) is 2. The number of carbonyl (C=O) groups excluding carboxylic acids is 2. The van der Waals surface area contributed by atoms with Gasteiger partial charge in [-0.1, -0.05) is 30.3 Å². The second-order valence-corrected chi connectivity index (χ2v) is 6.55. The highest BCUT2D eigenvalue weighted by molar-refractivity contribution is 6.04. The third-order valence-corrected chi connectivity index (χ3v) is 4.36. The zero-order chi connectivity index (χ0) is 18.6. The molecule has 136 valence electrons. The van der Waals surface area contributed by atoms with Gasteiger partial charge in [0.05, 0.1) is 6.54 Å². The maximum Gasteiger partial charge on any atom is 0.258 e. The standard InChI is InChI=1S/C20H19N5O2/c26-18(22-17-10-11-17)15-6-8-16(9-7-15)19(27)23-20-24-21-13-25(20)12-14-4-2-1-3-5-14/h1-9,13,17H,10-12H2,(H,22,26)(H,23,24,27). The van der Waals surface area contributed by atoms with E-state index in [4.69, 9.17) is 0 Å². The summed E-state index contributed by atoms with van der Waals surface area (Å²) >= 11 is 0. The molecule has 4 rings (SSSR count). The van der Waals surface area contributed by atoms with Gasteiger partial charge in [0.2, 0.25) is 5.95 Å². The molecule has 0 saturated heterocycles. The van der Waals surface area contributed by atoms with E-state index >= 15 is 0 Å². The fourth-order valence-corrected chi connectivity index (χ4v) is 2.69. The van der Waals surface area contributed by atoms with Crippen molar-refractivity contribution in [3.8, 4) is 0 Å². The number of nitrogens with one attached hydrogen (secondary N) is 2. The molecular weight excluding hydrogens is 342 g/mol. The van der Waals surface area contributed by atoms with Crippen LogP contribution in [0.2, 0.25) is 0 Å². The summed E-state index contributed by atoms with van der Waals surface area (Å²) < 4.78 is 1.77. The number of anilines is 1. The maximum absolute atomic E-state index is 12.5. The Morgan fingerprint density at radius 2 is 1.63 bits per heavy atom. The number of aromatic nitrogens is 3. The maximum atomic E-state index is 12.5. The van der Waals surface area contributed by atoms with Crippen molar-refractivity contribution in [2.24, 2.45) is 0 Å². The number of rotatable bonds is 6. The van der Waals surface area contributed by atoms with Crippen LogP contribution in [0.25, 0.3) is 0 Å². The zero-order valence-corrected chi connectivity index (χ0v) is 14.6. The van der Waals surface area contributed by atoms with E-state index in [1.165, 1.54) is 0 Å². The molecule has 1 aliphatic carbocycles. The Balaban J connectivity index is 1.42. The van der Waals surface area contributed by atoms with E-state index in [9.17, 15) is 9.59 Å². The van der Waals surface area contributed by atoms with E-state index in [-0.39, 0.29) is 11.8 Å². The molecule has 7 nitrogen and oxygen atoms in total. The van der Waals surface area contributed by atoms with Crippen LogP contribution < -0.4 is 10.6 Å². The minimum Gasteiger partial charge on any atom is -0.349 e. The number of hydrogen-bond acceptors (Lipinski definition) is 4. The molecule has 0 spiro atoms. The normalized spacial score (nSPS) is 13.2. The third-order valence-electron chi connectivity index (χ3n) is 4.36. The van der Waals surface area contributed by atoms with Gasteiger partial charge < -0.3 is 5.32 Å².